The van der Waals surface area contributed by atoms with Gasteiger partial charge in [-0.3, -0.25) is 9.59 Å². The predicted molar refractivity (Wildman–Crippen MR) is 258 cm³/mol. The number of aromatic nitrogens is 2. The Morgan fingerprint density at radius 2 is 0.937 bits per heavy atom. The molecule has 7 aromatic carbocycles. The zero-order valence-electron chi connectivity index (χ0n) is 36.6. The Bertz CT molecular complexity index is 3040. The van der Waals surface area contributed by atoms with Gasteiger partial charge in [0.1, 0.15) is 11.3 Å². The van der Waals surface area contributed by atoms with Gasteiger partial charge in [-0.2, -0.15) is 0 Å². The average molecular weight is 987 g/mol. The molecule has 2 aromatic heterocycles. The molecule has 0 unspecified atom stereocenters. The SMILES string of the molecule is Cn1c(=O)c(C(=O)c2ccc(-n3c4ccc(C(C)(C)C)cc4c4cc(C(C)(C)C)ccc43)cc2)c(O)c2ccccc21.O=P(c1ccccc1)(c1ccccc1)c1ccccc1.[Eu]. The van der Waals surface area contributed by atoms with Crippen molar-refractivity contribution in [3.05, 3.63) is 209 Å². The number of ketones is 1. The summed E-state index contributed by atoms with van der Waals surface area (Å²) in [5.74, 6) is -0.785. The van der Waals surface area contributed by atoms with Crippen molar-refractivity contribution in [2.75, 3.05) is 0 Å². The third-order valence-electron chi connectivity index (χ3n) is 11.7. The fourth-order valence-electron chi connectivity index (χ4n) is 8.19. The number of carbonyl (C=O) groups is 1. The van der Waals surface area contributed by atoms with E-state index in [2.05, 4.69) is 82.5 Å². The Balaban J connectivity index is 0.000000237. The topological polar surface area (TPSA) is 81.3 Å². The van der Waals surface area contributed by atoms with Gasteiger partial charge in [0, 0.05) is 99.7 Å². The monoisotopic (exact) mass is 987 g/mol. The Labute approximate surface area is 410 Å². The average Bonchev–Trinajstić information content (AvgIpc) is 3.62. The van der Waals surface area contributed by atoms with Crippen LogP contribution in [-0.4, -0.2) is 20.0 Å². The second-order valence-corrected chi connectivity index (χ2v) is 20.7. The molecule has 0 aliphatic heterocycles. The molecule has 0 amide bonds. The minimum Gasteiger partial charge on any atom is -0.506 e. The Kier molecular flexibility index (Phi) is 13.2. The molecule has 2 heterocycles. The zero-order valence-corrected chi connectivity index (χ0v) is 40.0. The molecule has 0 atom stereocenters. The van der Waals surface area contributed by atoms with Gasteiger partial charge < -0.3 is 18.8 Å². The first-order valence-electron chi connectivity index (χ1n) is 20.9. The summed E-state index contributed by atoms with van der Waals surface area (Å²) in [4.78, 5) is 26.7. The molecule has 317 valence electrons. The van der Waals surface area contributed by atoms with Gasteiger partial charge in [-0.15, -0.1) is 0 Å². The molecule has 0 spiro atoms. The van der Waals surface area contributed by atoms with E-state index < -0.39 is 18.5 Å². The van der Waals surface area contributed by atoms with Crippen LogP contribution in [0.4, 0.5) is 0 Å². The van der Waals surface area contributed by atoms with Crippen molar-refractivity contribution in [2.45, 2.75) is 52.4 Å². The molecule has 0 aliphatic rings. The van der Waals surface area contributed by atoms with Crippen molar-refractivity contribution >= 4 is 61.5 Å². The number of carbonyl (C=O) groups excluding carboxylic acids is 1. The van der Waals surface area contributed by atoms with Crippen LogP contribution in [0.5, 0.6) is 5.75 Å². The van der Waals surface area contributed by atoms with Crippen LogP contribution in [0.2, 0.25) is 0 Å². The van der Waals surface area contributed by atoms with Gasteiger partial charge in [0.25, 0.3) is 5.56 Å². The van der Waals surface area contributed by atoms with Crippen LogP contribution in [0.25, 0.3) is 38.4 Å². The fourth-order valence-corrected chi connectivity index (χ4v) is 10.9. The van der Waals surface area contributed by atoms with Crippen LogP contribution in [0.3, 0.4) is 0 Å². The Hall–Kier alpha value is -5.17. The van der Waals surface area contributed by atoms with Crippen LogP contribution in [-0.2, 0) is 22.4 Å². The summed E-state index contributed by atoms with van der Waals surface area (Å²) >= 11 is 0. The normalized spacial score (nSPS) is 11.9. The van der Waals surface area contributed by atoms with E-state index in [1.54, 1.807) is 43.4 Å². The number of pyridine rings is 1. The van der Waals surface area contributed by atoms with Crippen molar-refractivity contribution in [1.29, 1.82) is 0 Å². The minimum atomic E-state index is -2.78. The first-order valence-corrected chi connectivity index (χ1v) is 22.6. The van der Waals surface area contributed by atoms with Crippen molar-refractivity contribution < 1.29 is 63.8 Å². The summed E-state index contributed by atoms with van der Waals surface area (Å²) in [7, 11) is -1.16. The number of nitrogens with zero attached hydrogens (tertiary/aromatic N) is 2. The Morgan fingerprint density at radius 3 is 1.37 bits per heavy atom. The molecule has 8 heteroatoms. The number of rotatable bonds is 6. The summed E-state index contributed by atoms with van der Waals surface area (Å²) in [5, 5.41) is 16.4. The number of hydrogen-bond donors (Lipinski definition) is 1. The first-order chi connectivity index (χ1) is 29.6. The van der Waals surface area contributed by atoms with Crippen molar-refractivity contribution in [3.63, 3.8) is 0 Å². The quantitative estimate of drug-likeness (QED) is 0.133. The number of aryl methyl sites for hydroxylation is 1. The van der Waals surface area contributed by atoms with Gasteiger partial charge in [0.05, 0.1) is 16.6 Å². The maximum atomic E-state index is 13.8. The standard InChI is InChI=1S/C37H36N2O3.C18H15OP.Eu/c1-36(2,3)23-14-18-30-27(20-23)28-21-24(37(4,5)6)15-19-31(28)39(30)25-16-12-22(13-17-25)33(40)32-34(41)26-10-8-9-11-29(26)38(7)35(32)42;19-20(16-10-4-1-5-11-16,17-12-6-2-7-13-17)18-14-8-3-9-15-18;/h8-21,41H,1-7H3;1-15H;. The molecule has 1 radical (unpaired) electrons. The van der Waals surface area contributed by atoms with Crippen LogP contribution in [0.15, 0.2) is 181 Å². The van der Waals surface area contributed by atoms with E-state index in [4.69, 9.17) is 0 Å². The molecule has 0 bridgehead atoms. The first kappa shape index (κ1) is 45.8. The number of para-hydroxylation sites is 1. The Morgan fingerprint density at radius 1 is 0.524 bits per heavy atom. The molecular weight excluding hydrogens is 936 g/mol. The third kappa shape index (κ3) is 8.74. The molecule has 0 saturated carbocycles. The summed E-state index contributed by atoms with van der Waals surface area (Å²) in [5.41, 5.74) is 5.82. The number of benzene rings is 7. The van der Waals surface area contributed by atoms with E-state index in [-0.39, 0.29) is 71.5 Å². The van der Waals surface area contributed by atoms with Crippen molar-refractivity contribution in [1.82, 2.24) is 9.13 Å². The van der Waals surface area contributed by atoms with Crippen LogP contribution in [0, 0.1) is 49.4 Å². The molecule has 1 N–H and O–H groups in total. The molecule has 6 nitrogen and oxygen atoms in total. The smallest absolute Gasteiger partial charge is 0.265 e. The van der Waals surface area contributed by atoms with Gasteiger partial charge >= 0.3 is 0 Å². The van der Waals surface area contributed by atoms with Gasteiger partial charge in [0.15, 0.2) is 7.14 Å². The molecule has 0 saturated heterocycles. The molecular formula is C55H51EuN2O4P. The summed E-state index contributed by atoms with van der Waals surface area (Å²) < 4.78 is 17.5. The minimum absolute atomic E-state index is 0. The predicted octanol–water partition coefficient (Wildman–Crippen LogP) is 11.5. The van der Waals surface area contributed by atoms with Gasteiger partial charge in [0.2, 0.25) is 5.78 Å². The summed E-state index contributed by atoms with van der Waals surface area (Å²) in [6, 6.07) is 56.8. The maximum Gasteiger partial charge on any atom is 0.265 e. The van der Waals surface area contributed by atoms with E-state index in [1.165, 1.54) is 26.5 Å². The molecule has 63 heavy (non-hydrogen) atoms. The second-order valence-electron chi connectivity index (χ2n) is 17.9. The van der Waals surface area contributed by atoms with E-state index in [0.29, 0.717) is 16.5 Å². The van der Waals surface area contributed by atoms with E-state index in [9.17, 15) is 19.3 Å². The zero-order chi connectivity index (χ0) is 44.0. The summed E-state index contributed by atoms with van der Waals surface area (Å²) in [6.45, 7) is 13.4. The van der Waals surface area contributed by atoms with E-state index >= 15 is 0 Å². The number of fused-ring (bicyclic) bond motifs is 4. The molecule has 0 fully saturated rings. The fraction of sp³-hybridized carbons (Fsp3) is 0.164. The van der Waals surface area contributed by atoms with Gasteiger partial charge in [-0.25, -0.2) is 0 Å². The third-order valence-corrected chi connectivity index (χ3v) is 14.8. The van der Waals surface area contributed by atoms with Crippen LogP contribution < -0.4 is 21.5 Å². The van der Waals surface area contributed by atoms with Crippen molar-refractivity contribution in [3.8, 4) is 11.4 Å². The molecule has 9 aromatic rings. The van der Waals surface area contributed by atoms with Crippen LogP contribution >= 0.6 is 7.14 Å². The molecule has 9 rings (SSSR count). The van der Waals surface area contributed by atoms with Gasteiger partial charge in [-0.05, 0) is 82.6 Å². The van der Waals surface area contributed by atoms with Gasteiger partial charge in [-0.1, -0.05) is 157 Å². The van der Waals surface area contributed by atoms with E-state index in [1.807, 2.05) is 103 Å². The number of hydrogen-bond acceptors (Lipinski definition) is 4. The maximum absolute atomic E-state index is 13.8. The largest absolute Gasteiger partial charge is 0.506 e. The second kappa shape index (κ2) is 18.1. The number of aromatic hydroxyl groups is 1. The summed E-state index contributed by atoms with van der Waals surface area (Å²) in [6.07, 6.45) is 0. The van der Waals surface area contributed by atoms with Crippen molar-refractivity contribution in [2.24, 2.45) is 7.05 Å². The van der Waals surface area contributed by atoms with Crippen LogP contribution in [0.1, 0.15) is 68.6 Å². The molecule has 0 aliphatic carbocycles. The van der Waals surface area contributed by atoms with E-state index in [0.717, 1.165) is 32.6 Å².